The molecule has 0 bridgehead atoms. The average Bonchev–Trinajstić information content (AvgIpc) is 1.99. The maximum absolute atomic E-state index is 11.1. The van der Waals surface area contributed by atoms with Crippen molar-refractivity contribution in [3.8, 4) is 0 Å². The van der Waals surface area contributed by atoms with Gasteiger partial charge in [-0.15, -0.1) is 0 Å². The quantitative estimate of drug-likeness (QED) is 0.450. The molecule has 0 heterocycles. The number of rotatable bonds is 6. The maximum Gasteiger partial charge on any atom is 0.235 e. The first-order chi connectivity index (χ1) is 6.75. The molecule has 0 fully saturated rings. The Labute approximate surface area is 93.1 Å². The summed E-state index contributed by atoms with van der Waals surface area (Å²) in [5.74, 6) is -0.185. The standard InChI is InChI=1S/C9H20N2O3S/c1-9(2,3)7(8(10)12)11-5-4-6-15(13)14/h7,11H,4-6H2,1-3H3,(H2,10,12)(H,13,14). The van der Waals surface area contributed by atoms with E-state index in [1.54, 1.807) is 0 Å². The molecule has 2 atom stereocenters. The molecule has 0 aromatic heterocycles. The average molecular weight is 236 g/mol. The van der Waals surface area contributed by atoms with E-state index in [4.69, 9.17) is 10.3 Å². The van der Waals surface area contributed by atoms with Crippen molar-refractivity contribution in [1.29, 1.82) is 0 Å². The van der Waals surface area contributed by atoms with Gasteiger partial charge in [-0.25, -0.2) is 4.21 Å². The van der Waals surface area contributed by atoms with E-state index < -0.39 is 23.0 Å². The van der Waals surface area contributed by atoms with Gasteiger partial charge in [0.05, 0.1) is 11.8 Å². The lowest BCUT2D eigenvalue weighted by molar-refractivity contribution is -0.122. The Kier molecular flexibility index (Phi) is 6.00. The summed E-state index contributed by atoms with van der Waals surface area (Å²) in [5, 5.41) is 2.99. The molecule has 0 aliphatic carbocycles. The van der Waals surface area contributed by atoms with E-state index in [0.717, 1.165) is 0 Å². The maximum atomic E-state index is 11.1. The van der Waals surface area contributed by atoms with Gasteiger partial charge in [-0.3, -0.25) is 4.79 Å². The van der Waals surface area contributed by atoms with E-state index in [1.807, 2.05) is 20.8 Å². The number of hydrogen-bond acceptors (Lipinski definition) is 3. The van der Waals surface area contributed by atoms with Crippen LogP contribution in [0.5, 0.6) is 0 Å². The van der Waals surface area contributed by atoms with Crippen molar-refractivity contribution < 1.29 is 13.6 Å². The molecule has 5 nitrogen and oxygen atoms in total. The number of carbonyl (C=O) groups excluding carboxylic acids is 1. The summed E-state index contributed by atoms with van der Waals surface area (Å²) in [4.78, 5) is 11.1. The van der Waals surface area contributed by atoms with Crippen LogP contribution in [-0.2, 0) is 15.9 Å². The Balaban J connectivity index is 3.99. The Morgan fingerprint density at radius 3 is 2.40 bits per heavy atom. The van der Waals surface area contributed by atoms with Crippen molar-refractivity contribution in [3.05, 3.63) is 0 Å². The Bertz CT molecular complexity index is 238. The second-order valence-electron chi connectivity index (χ2n) is 4.53. The predicted molar refractivity (Wildman–Crippen MR) is 60.7 cm³/mol. The molecule has 6 heteroatoms. The van der Waals surface area contributed by atoms with Crippen molar-refractivity contribution in [1.82, 2.24) is 5.32 Å². The molecule has 0 saturated carbocycles. The molecule has 2 unspecified atom stereocenters. The second-order valence-corrected chi connectivity index (χ2v) is 5.59. The fourth-order valence-electron chi connectivity index (χ4n) is 1.28. The summed E-state index contributed by atoms with van der Waals surface area (Å²) in [5.41, 5.74) is 5.01. The summed E-state index contributed by atoms with van der Waals surface area (Å²) in [6.45, 7) is 6.26. The number of nitrogens with two attached hydrogens (primary N) is 1. The van der Waals surface area contributed by atoms with Crippen molar-refractivity contribution in [2.45, 2.75) is 33.2 Å². The lowest BCUT2D eigenvalue weighted by Gasteiger charge is -2.28. The van der Waals surface area contributed by atoms with Crippen molar-refractivity contribution in [2.75, 3.05) is 12.3 Å². The number of hydrogen-bond donors (Lipinski definition) is 3. The molecule has 90 valence electrons. The van der Waals surface area contributed by atoms with Crippen LogP contribution in [0, 0.1) is 5.41 Å². The van der Waals surface area contributed by atoms with Crippen LogP contribution in [0.25, 0.3) is 0 Å². The van der Waals surface area contributed by atoms with Gasteiger partial charge in [0.2, 0.25) is 5.91 Å². The fourth-order valence-corrected chi connectivity index (χ4v) is 1.67. The van der Waals surface area contributed by atoms with Gasteiger partial charge in [0.15, 0.2) is 11.1 Å². The summed E-state index contributed by atoms with van der Waals surface area (Å²) >= 11 is -1.77. The topological polar surface area (TPSA) is 92.4 Å². The van der Waals surface area contributed by atoms with E-state index in [-0.39, 0.29) is 11.2 Å². The van der Waals surface area contributed by atoms with Gasteiger partial charge in [0.1, 0.15) is 0 Å². The van der Waals surface area contributed by atoms with Crippen LogP contribution in [0.1, 0.15) is 27.2 Å². The van der Waals surface area contributed by atoms with Crippen LogP contribution in [0.2, 0.25) is 0 Å². The van der Waals surface area contributed by atoms with E-state index in [2.05, 4.69) is 5.32 Å². The monoisotopic (exact) mass is 236 g/mol. The van der Waals surface area contributed by atoms with Gasteiger partial charge in [-0.1, -0.05) is 20.8 Å². The summed E-state index contributed by atoms with van der Waals surface area (Å²) in [7, 11) is 0. The van der Waals surface area contributed by atoms with Gasteiger partial charge in [0, 0.05) is 0 Å². The Morgan fingerprint density at radius 2 is 2.07 bits per heavy atom. The van der Waals surface area contributed by atoms with Crippen molar-refractivity contribution in [3.63, 3.8) is 0 Å². The first kappa shape index (κ1) is 14.5. The van der Waals surface area contributed by atoms with Gasteiger partial charge in [-0.05, 0) is 18.4 Å². The lowest BCUT2D eigenvalue weighted by atomic mass is 9.86. The number of primary amides is 1. The summed E-state index contributed by atoms with van der Waals surface area (Å²) in [6, 6.07) is -0.412. The zero-order chi connectivity index (χ0) is 12.1. The molecule has 0 aromatic carbocycles. The number of nitrogens with one attached hydrogen (secondary N) is 1. The van der Waals surface area contributed by atoms with Crippen LogP contribution in [0.15, 0.2) is 0 Å². The van der Waals surface area contributed by atoms with Gasteiger partial charge in [0.25, 0.3) is 0 Å². The number of amides is 1. The zero-order valence-electron chi connectivity index (χ0n) is 9.45. The Morgan fingerprint density at radius 1 is 1.53 bits per heavy atom. The van der Waals surface area contributed by atoms with Gasteiger partial charge < -0.3 is 15.6 Å². The van der Waals surface area contributed by atoms with Crippen molar-refractivity contribution in [2.24, 2.45) is 11.1 Å². The van der Waals surface area contributed by atoms with Crippen LogP contribution >= 0.6 is 0 Å². The fraction of sp³-hybridized carbons (Fsp3) is 0.889. The molecule has 0 radical (unpaired) electrons. The third kappa shape index (κ3) is 6.59. The van der Waals surface area contributed by atoms with Gasteiger partial charge in [-0.2, -0.15) is 0 Å². The van der Waals surface area contributed by atoms with Crippen LogP contribution in [0.3, 0.4) is 0 Å². The summed E-state index contributed by atoms with van der Waals surface area (Å²) < 4.78 is 18.9. The molecule has 0 rings (SSSR count). The molecule has 0 aromatic rings. The molecular weight excluding hydrogens is 216 g/mol. The zero-order valence-corrected chi connectivity index (χ0v) is 10.3. The Hall–Kier alpha value is -0.460. The molecule has 0 aliphatic heterocycles. The minimum atomic E-state index is -1.77. The van der Waals surface area contributed by atoms with Crippen molar-refractivity contribution >= 4 is 17.0 Å². The second kappa shape index (κ2) is 6.19. The lowest BCUT2D eigenvalue weighted by Crippen LogP contribution is -2.50. The molecule has 1 amide bonds. The smallest absolute Gasteiger partial charge is 0.235 e. The van der Waals surface area contributed by atoms with Crippen LogP contribution < -0.4 is 11.1 Å². The van der Waals surface area contributed by atoms with E-state index in [0.29, 0.717) is 13.0 Å². The minimum absolute atomic E-state index is 0.211. The van der Waals surface area contributed by atoms with E-state index in [1.165, 1.54) is 0 Å². The highest BCUT2D eigenvalue weighted by molar-refractivity contribution is 7.79. The molecule has 0 spiro atoms. The molecule has 15 heavy (non-hydrogen) atoms. The van der Waals surface area contributed by atoms with E-state index in [9.17, 15) is 9.00 Å². The minimum Gasteiger partial charge on any atom is -0.368 e. The predicted octanol–water partition coefficient (Wildman–Crippen LogP) is 0.0878. The first-order valence-electron chi connectivity index (χ1n) is 4.85. The third-order valence-electron chi connectivity index (χ3n) is 1.99. The normalized spacial score (nSPS) is 16.0. The van der Waals surface area contributed by atoms with Crippen LogP contribution in [0.4, 0.5) is 0 Å². The summed E-state index contributed by atoms with van der Waals surface area (Å²) in [6.07, 6.45) is 0.545. The largest absolute Gasteiger partial charge is 0.368 e. The van der Waals surface area contributed by atoms with Crippen LogP contribution in [-0.4, -0.2) is 33.0 Å². The first-order valence-corrected chi connectivity index (χ1v) is 6.13. The highest BCUT2D eigenvalue weighted by atomic mass is 32.2. The number of carbonyl (C=O) groups is 1. The molecule has 0 saturated heterocycles. The van der Waals surface area contributed by atoms with E-state index >= 15 is 0 Å². The highest BCUT2D eigenvalue weighted by Crippen LogP contribution is 2.18. The third-order valence-corrected chi connectivity index (χ3v) is 2.63. The molecule has 4 N–H and O–H groups in total. The van der Waals surface area contributed by atoms with Gasteiger partial charge >= 0.3 is 0 Å². The molecule has 0 aliphatic rings. The highest BCUT2D eigenvalue weighted by Gasteiger charge is 2.28. The SMILES string of the molecule is CC(C)(C)C(NCCCS(=O)O)C(N)=O. The molecular formula is C9H20N2O3S.